The van der Waals surface area contributed by atoms with Crippen LogP contribution in [0.1, 0.15) is 5.56 Å². The number of hydrogen-bond acceptors (Lipinski definition) is 1. The molecule has 9 heavy (non-hydrogen) atoms. The molecule has 1 aromatic heterocycles. The summed E-state index contributed by atoms with van der Waals surface area (Å²) in [4.78, 5) is 2.86. The van der Waals surface area contributed by atoms with Gasteiger partial charge in [0.2, 0.25) is 0 Å². The molecule has 2 N–H and O–H groups in total. The molecular formula is C7H6N2. The molecule has 0 amide bonds. The van der Waals surface area contributed by atoms with Gasteiger partial charge in [0, 0.05) is 18.0 Å². The zero-order valence-electron chi connectivity index (χ0n) is 4.81. The molecule has 1 heterocycles. The lowest BCUT2D eigenvalue weighted by Gasteiger charge is -1.69. The molecule has 2 heteroatoms. The van der Waals surface area contributed by atoms with Crippen molar-refractivity contribution in [2.24, 2.45) is 0 Å². The van der Waals surface area contributed by atoms with Gasteiger partial charge in [-0.2, -0.15) is 0 Å². The molecule has 0 atom stereocenters. The molecule has 0 unspecified atom stereocenters. The third-order valence-electron chi connectivity index (χ3n) is 0.887. The predicted octanol–water partition coefficient (Wildman–Crippen LogP) is 1.02. The van der Waals surface area contributed by atoms with E-state index in [1.807, 2.05) is 6.07 Å². The van der Waals surface area contributed by atoms with Gasteiger partial charge >= 0.3 is 0 Å². The summed E-state index contributed by atoms with van der Waals surface area (Å²) in [5.74, 6) is 5.27. The second-order valence-electron chi connectivity index (χ2n) is 1.51. The first-order valence-corrected chi connectivity index (χ1v) is 2.57. The van der Waals surface area contributed by atoms with Gasteiger partial charge in [-0.05, 0) is 6.07 Å². The van der Waals surface area contributed by atoms with E-state index in [9.17, 15) is 0 Å². The lowest BCUT2D eigenvalue weighted by molar-refractivity contribution is 1.41. The van der Waals surface area contributed by atoms with E-state index in [-0.39, 0.29) is 0 Å². The van der Waals surface area contributed by atoms with Crippen LogP contribution < -0.4 is 0 Å². The molecule has 0 aliphatic rings. The first-order chi connectivity index (χ1) is 4.43. The van der Waals surface area contributed by atoms with Gasteiger partial charge in [-0.1, -0.05) is 11.8 Å². The molecule has 0 aliphatic carbocycles. The Kier molecular flexibility index (Phi) is 1.71. The summed E-state index contributed by atoms with van der Waals surface area (Å²) in [6.45, 7) is 0. The van der Waals surface area contributed by atoms with Crippen LogP contribution in [0.4, 0.5) is 0 Å². The predicted molar refractivity (Wildman–Crippen MR) is 36.5 cm³/mol. The number of aromatic amines is 1. The largest absolute Gasteiger partial charge is 0.367 e. The van der Waals surface area contributed by atoms with Crippen molar-refractivity contribution < 1.29 is 0 Å². The van der Waals surface area contributed by atoms with Crippen LogP contribution in [0.2, 0.25) is 0 Å². The molecule has 0 saturated heterocycles. The van der Waals surface area contributed by atoms with Crippen LogP contribution in [-0.4, -0.2) is 11.2 Å². The normalized spacial score (nSPS) is 7.56. The zero-order valence-corrected chi connectivity index (χ0v) is 4.81. The Balaban J connectivity index is 2.78. The average Bonchev–Trinajstić information content (AvgIpc) is 2.34. The lowest BCUT2D eigenvalue weighted by atomic mass is 10.3. The summed E-state index contributed by atoms with van der Waals surface area (Å²) >= 11 is 0. The van der Waals surface area contributed by atoms with Gasteiger partial charge in [0.25, 0.3) is 0 Å². The fourth-order valence-electron chi connectivity index (χ4n) is 0.521. The average molecular weight is 118 g/mol. The summed E-state index contributed by atoms with van der Waals surface area (Å²) in [7, 11) is 0. The quantitative estimate of drug-likeness (QED) is 0.377. The van der Waals surface area contributed by atoms with E-state index in [0.717, 1.165) is 11.8 Å². The van der Waals surface area contributed by atoms with Crippen LogP contribution >= 0.6 is 0 Å². The van der Waals surface area contributed by atoms with Crippen LogP contribution in [0, 0.1) is 17.3 Å². The Morgan fingerprint density at radius 1 is 1.67 bits per heavy atom. The third-order valence-corrected chi connectivity index (χ3v) is 0.887. The van der Waals surface area contributed by atoms with Crippen LogP contribution in [0.15, 0.2) is 18.5 Å². The molecule has 0 radical (unpaired) electrons. The molecule has 0 aromatic carbocycles. The van der Waals surface area contributed by atoms with Gasteiger partial charge in [-0.3, -0.25) is 5.41 Å². The van der Waals surface area contributed by atoms with Gasteiger partial charge in [-0.15, -0.1) is 0 Å². The van der Waals surface area contributed by atoms with Crippen molar-refractivity contribution in [1.29, 1.82) is 5.41 Å². The maximum absolute atomic E-state index is 6.60. The van der Waals surface area contributed by atoms with Gasteiger partial charge in [0.15, 0.2) is 0 Å². The minimum atomic E-state index is 0.915. The van der Waals surface area contributed by atoms with Gasteiger partial charge in [0.05, 0.1) is 6.21 Å². The minimum Gasteiger partial charge on any atom is -0.367 e. The number of aromatic nitrogens is 1. The number of rotatable bonds is 0. The molecule has 0 aliphatic heterocycles. The maximum Gasteiger partial charge on any atom is 0.0680 e. The minimum absolute atomic E-state index is 0.915. The second kappa shape index (κ2) is 2.73. The van der Waals surface area contributed by atoms with Crippen molar-refractivity contribution in [3.05, 3.63) is 24.0 Å². The van der Waals surface area contributed by atoms with E-state index in [0.29, 0.717) is 0 Å². The summed E-state index contributed by atoms with van der Waals surface area (Å²) in [5.41, 5.74) is 0.915. The fourth-order valence-corrected chi connectivity index (χ4v) is 0.521. The Morgan fingerprint density at radius 2 is 2.56 bits per heavy atom. The summed E-state index contributed by atoms with van der Waals surface area (Å²) in [6, 6.07) is 1.86. The Morgan fingerprint density at radius 3 is 3.11 bits per heavy atom. The Labute approximate surface area is 53.4 Å². The second-order valence-corrected chi connectivity index (χ2v) is 1.51. The van der Waals surface area contributed by atoms with Crippen molar-refractivity contribution >= 4 is 6.21 Å². The lowest BCUT2D eigenvalue weighted by Crippen LogP contribution is -1.63. The van der Waals surface area contributed by atoms with Crippen LogP contribution in [0.3, 0.4) is 0 Å². The standard InChI is InChI=1S/C7H6N2/c8-4-1-2-7-3-5-9-6-7/h3-6,8-9H. The van der Waals surface area contributed by atoms with E-state index >= 15 is 0 Å². The maximum atomic E-state index is 6.60. The first-order valence-electron chi connectivity index (χ1n) is 2.57. The number of nitrogens with one attached hydrogen (secondary N) is 2. The SMILES string of the molecule is N=CC#Cc1cc[nH]c1. The smallest absolute Gasteiger partial charge is 0.0680 e. The Bertz CT molecular complexity index is 236. The first kappa shape index (κ1) is 5.64. The number of H-pyrrole nitrogens is 1. The van der Waals surface area contributed by atoms with Gasteiger partial charge in [-0.25, -0.2) is 0 Å². The van der Waals surface area contributed by atoms with E-state index in [2.05, 4.69) is 16.8 Å². The fraction of sp³-hybridized carbons (Fsp3) is 0. The monoisotopic (exact) mass is 118 g/mol. The van der Waals surface area contributed by atoms with E-state index < -0.39 is 0 Å². The van der Waals surface area contributed by atoms with Crippen LogP contribution in [0.25, 0.3) is 0 Å². The Hall–Kier alpha value is -1.49. The summed E-state index contributed by atoms with van der Waals surface area (Å²) < 4.78 is 0. The van der Waals surface area contributed by atoms with Gasteiger partial charge < -0.3 is 4.98 Å². The molecule has 0 bridgehead atoms. The highest BCUT2D eigenvalue weighted by Crippen LogP contribution is 1.90. The molecule has 1 rings (SSSR count). The topological polar surface area (TPSA) is 39.6 Å². The highest BCUT2D eigenvalue weighted by molar-refractivity contribution is 5.76. The molecular weight excluding hydrogens is 112 g/mol. The van der Waals surface area contributed by atoms with Crippen molar-refractivity contribution in [3.8, 4) is 11.8 Å². The van der Waals surface area contributed by atoms with Crippen LogP contribution in [-0.2, 0) is 0 Å². The van der Waals surface area contributed by atoms with Crippen molar-refractivity contribution in [1.82, 2.24) is 4.98 Å². The zero-order chi connectivity index (χ0) is 6.53. The molecule has 0 spiro atoms. The molecule has 2 nitrogen and oxygen atoms in total. The van der Waals surface area contributed by atoms with E-state index in [4.69, 9.17) is 5.41 Å². The van der Waals surface area contributed by atoms with Crippen molar-refractivity contribution in [2.75, 3.05) is 0 Å². The van der Waals surface area contributed by atoms with Crippen molar-refractivity contribution in [2.45, 2.75) is 0 Å². The third kappa shape index (κ3) is 1.46. The highest BCUT2D eigenvalue weighted by Gasteiger charge is 1.79. The molecule has 0 fully saturated rings. The summed E-state index contributed by atoms with van der Waals surface area (Å²) in [5, 5.41) is 6.60. The van der Waals surface area contributed by atoms with Crippen LogP contribution in [0.5, 0.6) is 0 Å². The van der Waals surface area contributed by atoms with Crippen molar-refractivity contribution in [3.63, 3.8) is 0 Å². The molecule has 1 aromatic rings. The number of hydrogen-bond donors (Lipinski definition) is 2. The summed E-state index contributed by atoms with van der Waals surface area (Å²) in [6.07, 6.45) is 4.66. The highest BCUT2D eigenvalue weighted by atomic mass is 14.6. The molecule has 44 valence electrons. The van der Waals surface area contributed by atoms with Gasteiger partial charge in [0.1, 0.15) is 0 Å². The van der Waals surface area contributed by atoms with E-state index in [1.165, 1.54) is 0 Å². The molecule has 0 saturated carbocycles. The van der Waals surface area contributed by atoms with E-state index in [1.54, 1.807) is 12.4 Å².